The van der Waals surface area contributed by atoms with Gasteiger partial charge in [0.25, 0.3) is 11.8 Å². The van der Waals surface area contributed by atoms with Crippen LogP contribution in [-0.4, -0.2) is 38.5 Å². The molecule has 1 atom stereocenters. The molecule has 1 aliphatic carbocycles. The van der Waals surface area contributed by atoms with E-state index in [-0.39, 0.29) is 17.8 Å². The number of fused-ring (bicyclic) bond motifs is 3. The molecule has 0 radical (unpaired) electrons. The largest absolute Gasteiger partial charge is 0.503 e. The van der Waals surface area contributed by atoms with Crippen LogP contribution in [0.2, 0.25) is 0 Å². The van der Waals surface area contributed by atoms with Crippen molar-refractivity contribution in [2.75, 3.05) is 0 Å². The van der Waals surface area contributed by atoms with Crippen LogP contribution in [0.4, 0.5) is 17.6 Å². The number of aromatic hydroxyl groups is 1. The van der Waals surface area contributed by atoms with Gasteiger partial charge in [-0.15, -0.1) is 0 Å². The van der Waals surface area contributed by atoms with Gasteiger partial charge < -0.3 is 19.9 Å². The summed E-state index contributed by atoms with van der Waals surface area (Å²) in [4.78, 5) is 40.3. The Bertz CT molecular complexity index is 1250. The fourth-order valence-electron chi connectivity index (χ4n) is 5.53. The summed E-state index contributed by atoms with van der Waals surface area (Å²) in [7, 11) is 0. The van der Waals surface area contributed by atoms with Gasteiger partial charge in [0.05, 0.1) is 11.6 Å². The first-order chi connectivity index (χ1) is 16.1. The number of halogens is 4. The predicted octanol–water partition coefficient (Wildman–Crippen LogP) is 3.04. The molecule has 180 valence electrons. The number of nitrogens with one attached hydrogen (secondary N) is 1. The number of amides is 2. The SMILES string of the molecule is O=C(NCc1cccc(C(F)(F)F)c1F)c1cn2c(c(O)c1=O)C(=O)N1[C@H]3CC[C@H](CC3)[C@@H]1C2. The van der Waals surface area contributed by atoms with Crippen molar-refractivity contribution in [2.24, 2.45) is 5.92 Å². The summed E-state index contributed by atoms with van der Waals surface area (Å²) >= 11 is 0. The minimum atomic E-state index is -4.90. The van der Waals surface area contributed by atoms with Crippen molar-refractivity contribution < 1.29 is 32.3 Å². The summed E-state index contributed by atoms with van der Waals surface area (Å²) in [6.45, 7) is -0.283. The molecule has 6 rings (SSSR count). The number of carbonyl (C=O) groups excluding carboxylic acids is 2. The molecule has 2 amide bonds. The minimum absolute atomic E-state index is 0.0658. The fraction of sp³-hybridized carbons (Fsp3) is 0.435. The zero-order valence-electron chi connectivity index (χ0n) is 17.9. The molecule has 1 aromatic carbocycles. The average molecular weight is 479 g/mol. The van der Waals surface area contributed by atoms with Crippen LogP contribution in [0.3, 0.4) is 0 Å². The van der Waals surface area contributed by atoms with Crippen LogP contribution in [0.15, 0.2) is 29.2 Å². The molecule has 3 fully saturated rings. The monoisotopic (exact) mass is 479 g/mol. The summed E-state index contributed by atoms with van der Waals surface area (Å²) in [5.74, 6) is -3.50. The van der Waals surface area contributed by atoms with E-state index in [0.29, 0.717) is 18.5 Å². The second-order valence-electron chi connectivity index (χ2n) is 9.03. The number of benzene rings is 1. The van der Waals surface area contributed by atoms with Gasteiger partial charge in [0, 0.05) is 30.9 Å². The van der Waals surface area contributed by atoms with E-state index in [0.717, 1.165) is 37.8 Å². The van der Waals surface area contributed by atoms with Crippen LogP contribution in [0.5, 0.6) is 5.75 Å². The van der Waals surface area contributed by atoms with Crippen molar-refractivity contribution in [2.45, 2.75) is 57.0 Å². The van der Waals surface area contributed by atoms with Crippen LogP contribution in [0.1, 0.15) is 57.7 Å². The van der Waals surface area contributed by atoms with Gasteiger partial charge in [0.2, 0.25) is 5.43 Å². The molecule has 0 spiro atoms. The quantitative estimate of drug-likeness (QED) is 0.663. The van der Waals surface area contributed by atoms with Crippen LogP contribution in [0.25, 0.3) is 0 Å². The lowest BCUT2D eigenvalue weighted by Crippen LogP contribution is -2.61. The second kappa shape index (κ2) is 7.85. The Balaban J connectivity index is 1.42. The zero-order chi connectivity index (χ0) is 24.4. The van der Waals surface area contributed by atoms with Crippen molar-refractivity contribution in [1.29, 1.82) is 0 Å². The molecule has 2 saturated heterocycles. The molecule has 3 aliphatic heterocycles. The van der Waals surface area contributed by atoms with Gasteiger partial charge in [-0.1, -0.05) is 12.1 Å². The molecule has 34 heavy (non-hydrogen) atoms. The van der Waals surface area contributed by atoms with E-state index in [1.54, 1.807) is 4.90 Å². The van der Waals surface area contributed by atoms with Crippen molar-refractivity contribution in [3.8, 4) is 5.75 Å². The Hall–Kier alpha value is -3.37. The maximum Gasteiger partial charge on any atom is 0.419 e. The predicted molar refractivity (Wildman–Crippen MR) is 111 cm³/mol. The third kappa shape index (κ3) is 3.45. The minimum Gasteiger partial charge on any atom is -0.503 e. The highest BCUT2D eigenvalue weighted by molar-refractivity contribution is 5.99. The van der Waals surface area contributed by atoms with Crippen LogP contribution in [0, 0.1) is 11.7 Å². The number of pyridine rings is 1. The average Bonchev–Trinajstić information content (AvgIpc) is 2.80. The van der Waals surface area contributed by atoms with E-state index in [9.17, 15) is 37.1 Å². The van der Waals surface area contributed by atoms with Gasteiger partial charge in [0.15, 0.2) is 11.4 Å². The first kappa shape index (κ1) is 22.4. The lowest BCUT2D eigenvalue weighted by Gasteiger charge is -2.53. The molecule has 0 unspecified atom stereocenters. The molecule has 4 heterocycles. The summed E-state index contributed by atoms with van der Waals surface area (Å²) in [5, 5.41) is 12.8. The Morgan fingerprint density at radius 1 is 1.15 bits per heavy atom. The number of aromatic nitrogens is 1. The topological polar surface area (TPSA) is 91.6 Å². The molecular weight excluding hydrogens is 458 g/mol. The van der Waals surface area contributed by atoms with Gasteiger partial charge in [-0.3, -0.25) is 14.4 Å². The summed E-state index contributed by atoms with van der Waals surface area (Å²) in [6, 6.07) is 2.67. The standard InChI is InChI=1S/C23H21F4N3O4/c24-17-12(2-1-3-15(17)23(25,26)27)8-28-21(33)14-9-29-10-16-11-4-6-13(7-5-11)30(16)22(34)18(29)20(32)19(14)31/h1-3,9,11,13,16,32H,4-8,10H2,(H,28,33)/t11-,13+,16-/m0/s1. The molecular formula is C23H21F4N3O4. The molecule has 4 aliphatic rings. The molecule has 2 N–H and O–H groups in total. The van der Waals surface area contributed by atoms with E-state index in [1.165, 1.54) is 10.8 Å². The third-order valence-corrected chi connectivity index (χ3v) is 7.18. The van der Waals surface area contributed by atoms with E-state index < -0.39 is 58.2 Å². The Morgan fingerprint density at radius 2 is 1.85 bits per heavy atom. The molecule has 7 nitrogen and oxygen atoms in total. The summed E-state index contributed by atoms with van der Waals surface area (Å²) in [5.41, 5.74) is -3.59. The van der Waals surface area contributed by atoms with E-state index in [4.69, 9.17) is 0 Å². The van der Waals surface area contributed by atoms with Crippen LogP contribution >= 0.6 is 0 Å². The number of alkyl halides is 3. The van der Waals surface area contributed by atoms with Gasteiger partial charge >= 0.3 is 6.18 Å². The lowest BCUT2D eigenvalue weighted by atomic mass is 9.73. The third-order valence-electron chi connectivity index (χ3n) is 7.18. The fourth-order valence-corrected chi connectivity index (χ4v) is 5.53. The normalized spacial score (nSPS) is 23.5. The number of piperidine rings is 2. The molecule has 2 bridgehead atoms. The van der Waals surface area contributed by atoms with Crippen molar-refractivity contribution >= 4 is 11.8 Å². The lowest BCUT2D eigenvalue weighted by molar-refractivity contribution is -0.140. The molecule has 2 aromatic rings. The second-order valence-corrected chi connectivity index (χ2v) is 9.03. The van der Waals surface area contributed by atoms with E-state index in [1.807, 2.05) is 0 Å². The number of rotatable bonds is 3. The van der Waals surface area contributed by atoms with Gasteiger partial charge in [-0.05, 0) is 37.7 Å². The molecule has 1 aromatic heterocycles. The number of nitrogens with zero attached hydrogens (tertiary/aromatic N) is 2. The maximum atomic E-state index is 14.2. The Labute approximate surface area is 191 Å². The Kier molecular flexibility index (Phi) is 5.18. The highest BCUT2D eigenvalue weighted by atomic mass is 19.4. The van der Waals surface area contributed by atoms with E-state index >= 15 is 0 Å². The highest BCUT2D eigenvalue weighted by Gasteiger charge is 2.48. The summed E-state index contributed by atoms with van der Waals surface area (Å²) < 4.78 is 54.4. The maximum absolute atomic E-state index is 14.2. The Morgan fingerprint density at radius 3 is 2.53 bits per heavy atom. The number of hydrogen-bond donors (Lipinski definition) is 2. The van der Waals surface area contributed by atoms with E-state index in [2.05, 4.69) is 5.32 Å². The number of hydrogen-bond acceptors (Lipinski definition) is 4. The van der Waals surface area contributed by atoms with Gasteiger partial charge in [-0.25, -0.2) is 4.39 Å². The van der Waals surface area contributed by atoms with Gasteiger partial charge in [0.1, 0.15) is 11.4 Å². The number of carbonyl (C=O) groups is 2. The van der Waals surface area contributed by atoms with Crippen LogP contribution in [-0.2, 0) is 19.3 Å². The molecule has 11 heteroatoms. The molecule has 1 saturated carbocycles. The van der Waals surface area contributed by atoms with Crippen molar-refractivity contribution in [3.63, 3.8) is 0 Å². The highest BCUT2D eigenvalue weighted by Crippen LogP contribution is 2.43. The summed E-state index contributed by atoms with van der Waals surface area (Å²) in [6.07, 6.45) is 0.0148. The van der Waals surface area contributed by atoms with Crippen molar-refractivity contribution in [1.82, 2.24) is 14.8 Å². The van der Waals surface area contributed by atoms with Crippen LogP contribution < -0.4 is 10.7 Å². The smallest absolute Gasteiger partial charge is 0.419 e. The van der Waals surface area contributed by atoms with Gasteiger partial charge in [-0.2, -0.15) is 13.2 Å². The first-order valence-electron chi connectivity index (χ1n) is 11.0. The first-order valence-corrected chi connectivity index (χ1v) is 11.0. The van der Waals surface area contributed by atoms with Crippen molar-refractivity contribution in [3.05, 3.63) is 62.8 Å². The zero-order valence-corrected chi connectivity index (χ0v) is 17.9.